The number of anilines is 2. The summed E-state index contributed by atoms with van der Waals surface area (Å²) < 4.78 is 3.95. The lowest BCUT2D eigenvalue weighted by Gasteiger charge is -2.31. The van der Waals surface area contributed by atoms with E-state index in [9.17, 15) is 14.4 Å². The molecule has 0 bridgehead atoms. The quantitative estimate of drug-likeness (QED) is 0.448. The Morgan fingerprint density at radius 2 is 1.85 bits per heavy atom. The third kappa shape index (κ3) is 4.87. The van der Waals surface area contributed by atoms with Gasteiger partial charge in [-0.15, -0.1) is 11.3 Å². The number of carbonyl (C=O) groups is 3. The van der Waals surface area contributed by atoms with E-state index in [4.69, 9.17) is 23.1 Å². The van der Waals surface area contributed by atoms with E-state index in [2.05, 4.69) is 9.69 Å². The van der Waals surface area contributed by atoms with E-state index in [0.29, 0.717) is 15.6 Å². The van der Waals surface area contributed by atoms with Crippen LogP contribution in [0.5, 0.6) is 0 Å². The molecule has 5 N–H and O–H groups in total. The summed E-state index contributed by atoms with van der Waals surface area (Å²) in [5, 5.41) is 5.44. The lowest BCUT2D eigenvalue weighted by atomic mass is 10.1. The molecule has 172 valence electrons. The molecule has 0 saturated heterocycles. The van der Waals surface area contributed by atoms with Gasteiger partial charge in [-0.3, -0.25) is 19.3 Å². The highest BCUT2D eigenvalue weighted by atomic mass is 35.5. The van der Waals surface area contributed by atoms with Gasteiger partial charge in [0.1, 0.15) is 4.88 Å². The van der Waals surface area contributed by atoms with Gasteiger partial charge in [0.2, 0.25) is 5.91 Å². The molecule has 0 spiro atoms. The lowest BCUT2D eigenvalue weighted by Crippen LogP contribution is -2.46. The SMILES string of the molecule is NC(=O)c1nsc(C(=O)N(c2ccc(Cl)cc2)[C@@H](C(=O)NC2CCCC2)c2cccs2)c1N. The summed E-state index contributed by atoms with van der Waals surface area (Å²) in [5.74, 6) is -1.67. The molecule has 4 rings (SSSR count). The number of benzene rings is 1. The van der Waals surface area contributed by atoms with Crippen LogP contribution in [0.2, 0.25) is 5.02 Å². The molecule has 1 aliphatic carbocycles. The number of rotatable bonds is 7. The van der Waals surface area contributed by atoms with Gasteiger partial charge in [0.05, 0.1) is 5.69 Å². The van der Waals surface area contributed by atoms with Gasteiger partial charge >= 0.3 is 0 Å². The van der Waals surface area contributed by atoms with Crippen molar-refractivity contribution in [1.82, 2.24) is 9.69 Å². The normalized spacial score (nSPS) is 14.7. The zero-order chi connectivity index (χ0) is 23.5. The Hall–Kier alpha value is -2.95. The number of nitrogens with zero attached hydrogens (tertiary/aromatic N) is 2. The minimum atomic E-state index is -0.946. The van der Waals surface area contributed by atoms with Crippen LogP contribution in [0.25, 0.3) is 0 Å². The smallest absolute Gasteiger partial charge is 0.273 e. The van der Waals surface area contributed by atoms with Crippen molar-refractivity contribution in [3.8, 4) is 0 Å². The van der Waals surface area contributed by atoms with Gasteiger partial charge in [-0.2, -0.15) is 4.37 Å². The van der Waals surface area contributed by atoms with Crippen LogP contribution >= 0.6 is 34.5 Å². The topological polar surface area (TPSA) is 131 Å². The molecule has 2 aromatic heterocycles. The van der Waals surface area contributed by atoms with Crippen LogP contribution in [0.4, 0.5) is 11.4 Å². The fraction of sp³-hybridized carbons (Fsp3) is 0.273. The van der Waals surface area contributed by atoms with E-state index in [1.807, 2.05) is 17.5 Å². The van der Waals surface area contributed by atoms with Gasteiger partial charge < -0.3 is 16.8 Å². The van der Waals surface area contributed by atoms with Crippen LogP contribution < -0.4 is 21.7 Å². The molecule has 11 heteroatoms. The minimum Gasteiger partial charge on any atom is -0.395 e. The van der Waals surface area contributed by atoms with E-state index in [1.165, 1.54) is 16.2 Å². The number of nitrogens with one attached hydrogen (secondary N) is 1. The monoisotopic (exact) mass is 503 g/mol. The summed E-state index contributed by atoms with van der Waals surface area (Å²) in [6, 6.07) is 9.36. The highest BCUT2D eigenvalue weighted by Gasteiger charge is 2.37. The second kappa shape index (κ2) is 9.90. The van der Waals surface area contributed by atoms with E-state index < -0.39 is 17.9 Å². The van der Waals surface area contributed by atoms with Crippen LogP contribution in [0, 0.1) is 0 Å². The summed E-state index contributed by atoms with van der Waals surface area (Å²) in [7, 11) is 0. The Morgan fingerprint density at radius 1 is 1.15 bits per heavy atom. The number of nitrogens with two attached hydrogens (primary N) is 2. The number of thiophene rings is 1. The number of hydrogen-bond acceptors (Lipinski definition) is 7. The van der Waals surface area contributed by atoms with Gasteiger partial charge in [0.15, 0.2) is 11.7 Å². The molecule has 1 saturated carbocycles. The Kier molecular flexibility index (Phi) is 6.96. The Bertz CT molecular complexity index is 1160. The minimum absolute atomic E-state index is 0.0361. The number of amides is 3. The molecule has 1 aromatic carbocycles. The van der Waals surface area contributed by atoms with Crippen molar-refractivity contribution in [1.29, 1.82) is 0 Å². The van der Waals surface area contributed by atoms with Gasteiger partial charge in [-0.1, -0.05) is 30.5 Å². The fourth-order valence-corrected chi connectivity index (χ4v) is 5.58. The van der Waals surface area contributed by atoms with Crippen molar-refractivity contribution in [3.05, 3.63) is 62.2 Å². The molecule has 3 aromatic rings. The van der Waals surface area contributed by atoms with E-state index in [1.54, 1.807) is 24.3 Å². The Morgan fingerprint density at radius 3 is 2.42 bits per heavy atom. The lowest BCUT2D eigenvalue weighted by molar-refractivity contribution is -0.123. The van der Waals surface area contributed by atoms with E-state index in [0.717, 1.165) is 37.2 Å². The molecule has 33 heavy (non-hydrogen) atoms. The average molecular weight is 504 g/mol. The first-order valence-corrected chi connectivity index (χ1v) is 12.4. The Labute approximate surface area is 203 Å². The van der Waals surface area contributed by atoms with Crippen molar-refractivity contribution < 1.29 is 14.4 Å². The molecular weight excluding hydrogens is 482 g/mol. The van der Waals surface area contributed by atoms with E-state index in [-0.39, 0.29) is 28.2 Å². The number of halogens is 1. The van der Waals surface area contributed by atoms with Crippen molar-refractivity contribution in [2.45, 2.75) is 37.8 Å². The molecule has 0 radical (unpaired) electrons. The predicted octanol–water partition coefficient (Wildman–Crippen LogP) is 3.99. The standard InChI is InChI=1S/C22H22ClN5O3S2/c23-12-7-9-14(10-8-12)28(22(31)19-16(24)17(20(25)29)27-33-19)18(15-6-3-11-32-15)21(30)26-13-4-1-2-5-13/h3,6-11,13,18H,1-2,4-5,24H2,(H2,25,29)(H,26,30)/t18-/m1/s1. The number of nitrogen functional groups attached to an aromatic ring is 1. The zero-order valence-corrected chi connectivity index (χ0v) is 19.9. The fourth-order valence-electron chi connectivity index (χ4n) is 3.89. The predicted molar refractivity (Wildman–Crippen MR) is 131 cm³/mol. The maximum atomic E-state index is 13.8. The first-order valence-electron chi connectivity index (χ1n) is 10.3. The third-order valence-corrected chi connectivity index (χ3v) is 7.53. The molecule has 8 nitrogen and oxygen atoms in total. The molecule has 3 amide bonds. The van der Waals surface area contributed by atoms with Gasteiger partial charge in [0.25, 0.3) is 11.8 Å². The number of aromatic nitrogens is 1. The molecule has 1 fully saturated rings. The van der Waals surface area contributed by atoms with Crippen molar-refractivity contribution in [3.63, 3.8) is 0 Å². The first-order chi connectivity index (χ1) is 15.9. The molecule has 0 unspecified atom stereocenters. The largest absolute Gasteiger partial charge is 0.395 e. The summed E-state index contributed by atoms with van der Waals surface area (Å²) >= 11 is 8.22. The number of primary amides is 1. The second-order valence-corrected chi connectivity index (χ2v) is 9.89. The molecule has 0 aliphatic heterocycles. The molecule has 2 heterocycles. The highest BCUT2D eigenvalue weighted by molar-refractivity contribution is 7.10. The van der Waals surface area contributed by atoms with E-state index >= 15 is 0 Å². The van der Waals surface area contributed by atoms with Gasteiger partial charge in [0, 0.05) is 21.6 Å². The maximum Gasteiger partial charge on any atom is 0.273 e. The maximum absolute atomic E-state index is 13.8. The molecule has 1 atom stereocenters. The Balaban J connectivity index is 1.80. The van der Waals surface area contributed by atoms with Crippen LogP contribution in [0.15, 0.2) is 41.8 Å². The van der Waals surface area contributed by atoms with Crippen LogP contribution in [-0.4, -0.2) is 28.1 Å². The van der Waals surface area contributed by atoms with Crippen LogP contribution in [0.3, 0.4) is 0 Å². The first kappa shape index (κ1) is 23.2. The number of carbonyl (C=O) groups excluding carboxylic acids is 3. The summed E-state index contributed by atoms with van der Waals surface area (Å²) in [6.45, 7) is 0. The highest BCUT2D eigenvalue weighted by Crippen LogP contribution is 2.35. The molecular formula is C22H22ClN5O3S2. The van der Waals surface area contributed by atoms with Crippen LogP contribution in [-0.2, 0) is 4.79 Å². The number of hydrogen-bond donors (Lipinski definition) is 3. The average Bonchev–Trinajstić information content (AvgIpc) is 3.54. The van der Waals surface area contributed by atoms with Crippen molar-refractivity contribution in [2.24, 2.45) is 5.73 Å². The molecule has 1 aliphatic rings. The van der Waals surface area contributed by atoms with Crippen molar-refractivity contribution >= 4 is 63.6 Å². The van der Waals surface area contributed by atoms with Crippen molar-refractivity contribution in [2.75, 3.05) is 10.6 Å². The van der Waals surface area contributed by atoms with Gasteiger partial charge in [-0.25, -0.2) is 0 Å². The van der Waals surface area contributed by atoms with Crippen LogP contribution in [0.1, 0.15) is 56.8 Å². The second-order valence-electron chi connectivity index (χ2n) is 7.70. The summed E-state index contributed by atoms with van der Waals surface area (Å²) in [4.78, 5) is 41.1. The zero-order valence-electron chi connectivity index (χ0n) is 17.5. The summed E-state index contributed by atoms with van der Waals surface area (Å²) in [6.07, 6.45) is 3.92. The summed E-state index contributed by atoms with van der Waals surface area (Å²) in [5.41, 5.74) is 11.6. The van der Waals surface area contributed by atoms with Gasteiger partial charge in [-0.05, 0) is 60.1 Å². The third-order valence-electron chi connectivity index (χ3n) is 5.50.